The molecule has 1 aliphatic carbocycles. The number of ether oxygens (including phenoxy) is 3. The van der Waals surface area contributed by atoms with Crippen molar-refractivity contribution in [3.63, 3.8) is 0 Å². The lowest BCUT2D eigenvalue weighted by Crippen LogP contribution is -2.42. The summed E-state index contributed by atoms with van der Waals surface area (Å²) in [6, 6.07) is 3.43. The average Bonchev–Trinajstić information content (AvgIpc) is 3.06. The Labute approximate surface area is 186 Å². The molecule has 0 aromatic carbocycles. The first-order valence-corrected chi connectivity index (χ1v) is 10.8. The van der Waals surface area contributed by atoms with E-state index in [9.17, 15) is 9.59 Å². The molecule has 1 aliphatic heterocycles. The Hall–Kier alpha value is -2.92. The molecule has 2 fully saturated rings. The van der Waals surface area contributed by atoms with E-state index in [1.807, 2.05) is 20.8 Å². The normalized spacial score (nSPS) is 20.9. The summed E-state index contributed by atoms with van der Waals surface area (Å²) < 4.78 is 18.3. The molecule has 174 valence electrons. The number of rotatable bonds is 7. The maximum atomic E-state index is 12.7. The molecule has 0 spiro atoms. The number of H-pyrrole nitrogens is 1. The van der Waals surface area contributed by atoms with Crippen molar-refractivity contribution in [2.45, 2.75) is 70.5 Å². The Balaban J connectivity index is 1.29. The zero-order chi connectivity index (χ0) is 22.9. The largest absolute Gasteiger partial charge is 0.444 e. The molecule has 3 N–H and O–H groups in total. The van der Waals surface area contributed by atoms with Gasteiger partial charge in [0.05, 0.1) is 30.7 Å². The summed E-state index contributed by atoms with van der Waals surface area (Å²) in [5.74, 6) is 0.0588. The summed E-state index contributed by atoms with van der Waals surface area (Å²) in [5.41, 5.74) is 1.46. The Morgan fingerprint density at radius 1 is 1.28 bits per heavy atom. The third-order valence-electron chi connectivity index (χ3n) is 5.05. The number of nitrogens with one attached hydrogen (secondary N) is 3. The number of aromatic nitrogens is 4. The van der Waals surface area contributed by atoms with Gasteiger partial charge in [-0.2, -0.15) is 10.2 Å². The lowest BCUT2D eigenvalue weighted by atomic mass is 10.1. The van der Waals surface area contributed by atoms with Crippen molar-refractivity contribution < 1.29 is 23.8 Å². The number of anilines is 1. The van der Waals surface area contributed by atoms with Gasteiger partial charge in [-0.3, -0.25) is 14.6 Å². The minimum absolute atomic E-state index is 0.295. The average molecular weight is 447 g/mol. The van der Waals surface area contributed by atoms with Gasteiger partial charge in [-0.15, -0.1) is 0 Å². The molecule has 2 aromatic heterocycles. The standard InChI is InChI=1S/C21H30N6O5/c1-21(2,3)23-20(29)32-14-8-17(31-11-14)15-9-18(25-24-15)22-19(28)16-7-12(26-27(16)4)10-30-13-5-6-13/h7,9,13-14,17H,5-6,8,10-11H2,1-4H3,(H,23,29)(H2,22,24,25,28)/t14-,17-/m1/s1. The third-order valence-corrected chi connectivity index (χ3v) is 5.05. The zero-order valence-corrected chi connectivity index (χ0v) is 18.8. The second-order valence-corrected chi connectivity index (χ2v) is 9.28. The molecule has 1 saturated heterocycles. The molecule has 2 atom stereocenters. The van der Waals surface area contributed by atoms with Gasteiger partial charge in [-0.1, -0.05) is 0 Å². The van der Waals surface area contributed by atoms with Crippen LogP contribution in [0.2, 0.25) is 0 Å². The van der Waals surface area contributed by atoms with E-state index in [0.29, 0.717) is 48.6 Å². The van der Waals surface area contributed by atoms with Gasteiger partial charge >= 0.3 is 6.09 Å². The molecule has 3 heterocycles. The van der Waals surface area contributed by atoms with E-state index in [1.54, 1.807) is 19.2 Å². The summed E-state index contributed by atoms with van der Waals surface area (Å²) in [4.78, 5) is 24.6. The minimum atomic E-state index is -0.470. The van der Waals surface area contributed by atoms with Crippen LogP contribution in [0.4, 0.5) is 10.6 Å². The van der Waals surface area contributed by atoms with Crippen molar-refractivity contribution >= 4 is 17.8 Å². The molecule has 2 aromatic rings. The van der Waals surface area contributed by atoms with Crippen LogP contribution >= 0.6 is 0 Å². The molecule has 32 heavy (non-hydrogen) atoms. The molecular weight excluding hydrogens is 416 g/mol. The Kier molecular flexibility index (Phi) is 6.20. The molecule has 0 unspecified atom stereocenters. The van der Waals surface area contributed by atoms with Crippen LogP contribution in [0.1, 0.15) is 68.0 Å². The van der Waals surface area contributed by atoms with Gasteiger partial charge in [-0.05, 0) is 39.7 Å². The van der Waals surface area contributed by atoms with E-state index >= 15 is 0 Å². The van der Waals surface area contributed by atoms with Gasteiger partial charge < -0.3 is 24.8 Å². The highest BCUT2D eigenvalue weighted by atomic mass is 16.6. The number of carbonyl (C=O) groups is 2. The number of aryl methyl sites for hydroxylation is 1. The second kappa shape index (κ2) is 8.91. The number of alkyl carbamates (subject to hydrolysis) is 1. The second-order valence-electron chi connectivity index (χ2n) is 9.28. The quantitative estimate of drug-likeness (QED) is 0.595. The van der Waals surface area contributed by atoms with E-state index in [0.717, 1.165) is 12.8 Å². The van der Waals surface area contributed by atoms with Crippen molar-refractivity contribution in [2.24, 2.45) is 7.05 Å². The van der Waals surface area contributed by atoms with E-state index < -0.39 is 6.09 Å². The molecule has 4 rings (SSSR count). The van der Waals surface area contributed by atoms with E-state index in [4.69, 9.17) is 14.2 Å². The van der Waals surface area contributed by atoms with Crippen LogP contribution in [0.15, 0.2) is 12.1 Å². The summed E-state index contributed by atoms with van der Waals surface area (Å²) in [6.07, 6.45) is 1.87. The van der Waals surface area contributed by atoms with Crippen LogP contribution in [-0.4, -0.2) is 56.3 Å². The number of nitrogens with zero attached hydrogens (tertiary/aromatic N) is 3. The number of amides is 2. The van der Waals surface area contributed by atoms with Crippen LogP contribution in [-0.2, 0) is 27.9 Å². The fourth-order valence-electron chi connectivity index (χ4n) is 3.38. The van der Waals surface area contributed by atoms with Crippen molar-refractivity contribution in [3.05, 3.63) is 29.2 Å². The SMILES string of the molecule is Cn1nc(COC2CC2)cc1C(=O)Nc1cc([C@H]2C[C@@H](OC(=O)NC(C)(C)C)CO2)[nH]n1. The Bertz CT molecular complexity index is 974. The van der Waals surface area contributed by atoms with Crippen molar-refractivity contribution in [1.82, 2.24) is 25.3 Å². The first-order valence-electron chi connectivity index (χ1n) is 10.8. The number of aromatic amines is 1. The topological polar surface area (TPSA) is 132 Å². The smallest absolute Gasteiger partial charge is 0.407 e. The molecule has 11 nitrogen and oxygen atoms in total. The summed E-state index contributed by atoms with van der Waals surface area (Å²) in [5, 5.41) is 16.9. The monoisotopic (exact) mass is 446 g/mol. The molecule has 2 amide bonds. The maximum Gasteiger partial charge on any atom is 0.407 e. The highest BCUT2D eigenvalue weighted by Gasteiger charge is 2.32. The zero-order valence-electron chi connectivity index (χ0n) is 18.8. The molecular formula is C21H30N6O5. The first kappa shape index (κ1) is 22.3. The fourth-order valence-corrected chi connectivity index (χ4v) is 3.38. The molecule has 1 saturated carbocycles. The lowest BCUT2D eigenvalue weighted by Gasteiger charge is -2.21. The molecule has 0 bridgehead atoms. The lowest BCUT2D eigenvalue weighted by molar-refractivity contribution is 0.0661. The minimum Gasteiger partial charge on any atom is -0.444 e. The van der Waals surface area contributed by atoms with Crippen LogP contribution in [0, 0.1) is 0 Å². The van der Waals surface area contributed by atoms with Gasteiger partial charge in [0.15, 0.2) is 5.82 Å². The predicted molar refractivity (Wildman–Crippen MR) is 114 cm³/mol. The third kappa shape index (κ3) is 5.86. The molecule has 11 heteroatoms. The van der Waals surface area contributed by atoms with Gasteiger partial charge in [0.25, 0.3) is 5.91 Å². The Morgan fingerprint density at radius 2 is 2.06 bits per heavy atom. The number of carbonyl (C=O) groups excluding carboxylic acids is 2. The van der Waals surface area contributed by atoms with Crippen molar-refractivity contribution in [3.8, 4) is 0 Å². The van der Waals surface area contributed by atoms with Crippen LogP contribution in [0.3, 0.4) is 0 Å². The van der Waals surface area contributed by atoms with Gasteiger partial charge in [0, 0.05) is 25.1 Å². The first-order chi connectivity index (χ1) is 15.2. The Morgan fingerprint density at radius 3 is 2.78 bits per heavy atom. The summed E-state index contributed by atoms with van der Waals surface area (Å²) in [7, 11) is 1.72. The summed E-state index contributed by atoms with van der Waals surface area (Å²) in [6.45, 7) is 6.35. The van der Waals surface area contributed by atoms with E-state index in [1.165, 1.54) is 4.68 Å². The maximum absolute atomic E-state index is 12.7. The molecule has 0 radical (unpaired) electrons. The molecule has 2 aliphatic rings. The van der Waals surface area contributed by atoms with Crippen molar-refractivity contribution in [2.75, 3.05) is 11.9 Å². The summed E-state index contributed by atoms with van der Waals surface area (Å²) >= 11 is 0. The highest BCUT2D eigenvalue weighted by molar-refractivity contribution is 6.02. The van der Waals surface area contributed by atoms with Crippen LogP contribution in [0.5, 0.6) is 0 Å². The van der Waals surface area contributed by atoms with Crippen molar-refractivity contribution in [1.29, 1.82) is 0 Å². The van der Waals surface area contributed by atoms with Crippen LogP contribution in [0.25, 0.3) is 0 Å². The van der Waals surface area contributed by atoms with Crippen LogP contribution < -0.4 is 10.6 Å². The van der Waals surface area contributed by atoms with E-state index in [-0.39, 0.29) is 23.7 Å². The van der Waals surface area contributed by atoms with Gasteiger partial charge in [0.2, 0.25) is 0 Å². The fraction of sp³-hybridized carbons (Fsp3) is 0.619. The van der Waals surface area contributed by atoms with Gasteiger partial charge in [0.1, 0.15) is 17.9 Å². The van der Waals surface area contributed by atoms with Gasteiger partial charge in [-0.25, -0.2) is 4.79 Å². The van der Waals surface area contributed by atoms with E-state index in [2.05, 4.69) is 25.9 Å². The number of hydrogen-bond donors (Lipinski definition) is 3. The predicted octanol–water partition coefficient (Wildman–Crippen LogP) is 2.43. The highest BCUT2D eigenvalue weighted by Crippen LogP contribution is 2.30. The number of hydrogen-bond acceptors (Lipinski definition) is 7.